The summed E-state index contributed by atoms with van der Waals surface area (Å²) < 4.78 is 33.0. The van der Waals surface area contributed by atoms with Crippen LogP contribution in [0.5, 0.6) is 0 Å². The Kier molecular flexibility index (Phi) is 6.93. The van der Waals surface area contributed by atoms with Crippen LogP contribution in [0.1, 0.15) is 27.0 Å². The van der Waals surface area contributed by atoms with E-state index in [2.05, 4.69) is 5.16 Å². The third kappa shape index (κ3) is 5.22. The van der Waals surface area contributed by atoms with Gasteiger partial charge in [-0.25, -0.2) is 12.7 Å². The highest BCUT2D eigenvalue weighted by atomic mass is 32.2. The lowest BCUT2D eigenvalue weighted by molar-refractivity contribution is 0.0843. The number of aryl methyl sites for hydroxylation is 2. The largest absolute Gasteiger partial charge is 0.356 e. The summed E-state index contributed by atoms with van der Waals surface area (Å²) in [6.45, 7) is 3.64. The van der Waals surface area contributed by atoms with E-state index in [4.69, 9.17) is 4.52 Å². The van der Waals surface area contributed by atoms with Crippen LogP contribution >= 0.6 is 0 Å². The van der Waals surface area contributed by atoms with Crippen molar-refractivity contribution in [1.82, 2.24) is 9.46 Å². The normalized spacial score (nSPS) is 12.2. The predicted molar refractivity (Wildman–Crippen MR) is 131 cm³/mol. The highest BCUT2D eigenvalue weighted by molar-refractivity contribution is 7.89. The van der Waals surface area contributed by atoms with Crippen molar-refractivity contribution >= 4 is 22.2 Å². The molecule has 0 fully saturated rings. The average molecular weight is 488 g/mol. The molecule has 177 valence electrons. The smallest absolute Gasteiger partial charge is 0.268 e. The van der Waals surface area contributed by atoms with Gasteiger partial charge >= 0.3 is 0 Å². The lowest BCUT2D eigenvalue weighted by atomic mass is 10.0. The number of benzene rings is 3. The molecular formula is C27H23N2O5S. The summed E-state index contributed by atoms with van der Waals surface area (Å²) in [4.78, 5) is 25.7. The van der Waals surface area contributed by atoms with Crippen LogP contribution in [0.25, 0.3) is 11.3 Å². The molecule has 4 aromatic rings. The molecule has 3 aromatic carbocycles. The fraction of sp³-hybridized carbons (Fsp3) is 0.148. The van der Waals surface area contributed by atoms with Crippen molar-refractivity contribution in [2.24, 2.45) is 0 Å². The van der Waals surface area contributed by atoms with Crippen molar-refractivity contribution in [3.63, 3.8) is 0 Å². The molecule has 0 aliphatic carbocycles. The molecule has 7 nitrogen and oxygen atoms in total. The van der Waals surface area contributed by atoms with Crippen molar-refractivity contribution in [1.29, 1.82) is 0 Å². The van der Waals surface area contributed by atoms with Gasteiger partial charge in [-0.2, -0.15) is 0 Å². The second-order valence-corrected chi connectivity index (χ2v) is 10.0. The number of aromatic nitrogens is 1. The Morgan fingerprint density at radius 2 is 1.63 bits per heavy atom. The first-order valence-corrected chi connectivity index (χ1v) is 12.3. The lowest BCUT2D eigenvalue weighted by Crippen LogP contribution is -2.46. The van der Waals surface area contributed by atoms with Gasteiger partial charge < -0.3 is 4.52 Å². The molecule has 1 radical (unpaired) electrons. The zero-order valence-corrected chi connectivity index (χ0v) is 20.0. The summed E-state index contributed by atoms with van der Waals surface area (Å²) in [6.07, 6.45) is 3.29. The maximum Gasteiger partial charge on any atom is 0.268 e. The molecule has 1 atom stereocenters. The minimum absolute atomic E-state index is 0.0389. The van der Waals surface area contributed by atoms with E-state index in [-0.39, 0.29) is 16.9 Å². The van der Waals surface area contributed by atoms with Crippen molar-refractivity contribution in [3.8, 4) is 11.3 Å². The van der Waals surface area contributed by atoms with Crippen molar-refractivity contribution in [2.45, 2.75) is 31.2 Å². The predicted octanol–water partition coefficient (Wildman–Crippen LogP) is 4.51. The standard InChI is InChI=1S/C27H23N2O5S/c1-19-14-20(2)16-23(15-19)27(31)29(35(32,33)25-6-4-3-5-7-25)24(18-30)17-21-8-10-22(11-9-21)26-12-13-28-34-26/h3-16,24H,17H2,1-2H3/t24-/m0/s1. The number of hydrogen-bond donors (Lipinski definition) is 0. The van der Waals surface area contributed by atoms with Gasteiger partial charge in [0.2, 0.25) is 6.29 Å². The first-order chi connectivity index (χ1) is 16.8. The Balaban J connectivity index is 1.74. The Morgan fingerprint density at radius 1 is 0.971 bits per heavy atom. The van der Waals surface area contributed by atoms with Gasteiger partial charge in [0, 0.05) is 23.6 Å². The van der Waals surface area contributed by atoms with Crippen LogP contribution in [0.4, 0.5) is 0 Å². The molecule has 0 spiro atoms. The summed E-state index contributed by atoms with van der Waals surface area (Å²) in [5.74, 6) is -0.208. The van der Waals surface area contributed by atoms with Gasteiger partial charge in [0.1, 0.15) is 6.04 Å². The molecule has 1 aromatic heterocycles. The van der Waals surface area contributed by atoms with E-state index in [1.165, 1.54) is 18.3 Å². The number of carbonyl (C=O) groups excluding carboxylic acids is 2. The van der Waals surface area contributed by atoms with E-state index < -0.39 is 22.0 Å². The van der Waals surface area contributed by atoms with E-state index in [0.29, 0.717) is 15.6 Å². The summed E-state index contributed by atoms with van der Waals surface area (Å²) in [5, 5.41) is 3.68. The van der Waals surface area contributed by atoms with Gasteiger partial charge in [-0.15, -0.1) is 0 Å². The number of amides is 1. The second kappa shape index (κ2) is 10.1. The van der Waals surface area contributed by atoms with Crippen molar-refractivity contribution in [3.05, 3.63) is 107 Å². The van der Waals surface area contributed by atoms with Crippen LogP contribution in [0, 0.1) is 13.8 Å². The maximum absolute atomic E-state index is 13.6. The average Bonchev–Trinajstić information content (AvgIpc) is 3.39. The van der Waals surface area contributed by atoms with Crippen LogP contribution in [-0.4, -0.2) is 36.1 Å². The van der Waals surface area contributed by atoms with E-state index in [1.807, 2.05) is 19.9 Å². The van der Waals surface area contributed by atoms with Crippen LogP contribution in [0.3, 0.4) is 0 Å². The first kappa shape index (κ1) is 24.1. The summed E-state index contributed by atoms with van der Waals surface area (Å²) in [7, 11) is -4.35. The molecule has 4 rings (SSSR count). The van der Waals surface area contributed by atoms with Gasteiger partial charge in [0.05, 0.1) is 11.1 Å². The molecule has 0 saturated heterocycles. The highest BCUT2D eigenvalue weighted by Crippen LogP contribution is 2.25. The Morgan fingerprint density at radius 3 is 2.20 bits per heavy atom. The molecule has 0 saturated carbocycles. The fourth-order valence-corrected chi connectivity index (χ4v) is 5.42. The van der Waals surface area contributed by atoms with Gasteiger partial charge in [-0.1, -0.05) is 64.8 Å². The number of carbonyl (C=O) groups is 1. The van der Waals surface area contributed by atoms with Gasteiger partial charge in [0.25, 0.3) is 15.9 Å². The third-order valence-electron chi connectivity index (χ3n) is 5.49. The van der Waals surface area contributed by atoms with Gasteiger partial charge in [-0.3, -0.25) is 9.59 Å². The molecule has 35 heavy (non-hydrogen) atoms. The SMILES string of the molecule is Cc1cc(C)cc(C(=O)N([C@H]([C]=O)Cc2ccc(-c3ccno3)cc2)S(=O)(=O)c2ccccc2)c1. The number of rotatable bonds is 8. The molecule has 1 heterocycles. The quantitative estimate of drug-likeness (QED) is 0.363. The minimum Gasteiger partial charge on any atom is -0.356 e. The first-order valence-electron chi connectivity index (χ1n) is 10.9. The van der Waals surface area contributed by atoms with E-state index in [1.54, 1.807) is 66.9 Å². The zero-order chi connectivity index (χ0) is 25.0. The Bertz CT molecular complexity index is 1410. The molecule has 0 N–H and O–H groups in total. The fourth-order valence-electron chi connectivity index (χ4n) is 3.92. The summed E-state index contributed by atoms with van der Waals surface area (Å²) in [6, 6.07) is 20.1. The molecule has 0 bridgehead atoms. The van der Waals surface area contributed by atoms with Crippen LogP contribution < -0.4 is 0 Å². The Hall–Kier alpha value is -4.04. The van der Waals surface area contributed by atoms with Crippen molar-refractivity contribution < 1.29 is 22.5 Å². The molecule has 1 amide bonds. The van der Waals surface area contributed by atoms with E-state index in [9.17, 15) is 18.0 Å². The van der Waals surface area contributed by atoms with Crippen LogP contribution in [-0.2, 0) is 21.2 Å². The van der Waals surface area contributed by atoms with E-state index >= 15 is 0 Å². The van der Waals surface area contributed by atoms with Crippen LogP contribution in [0.15, 0.2) is 94.5 Å². The van der Waals surface area contributed by atoms with Gasteiger partial charge in [-0.05, 0) is 43.7 Å². The maximum atomic E-state index is 13.6. The van der Waals surface area contributed by atoms with Gasteiger partial charge in [0.15, 0.2) is 5.76 Å². The third-order valence-corrected chi connectivity index (χ3v) is 7.30. The molecular weight excluding hydrogens is 464 g/mol. The van der Waals surface area contributed by atoms with E-state index in [0.717, 1.165) is 16.7 Å². The Labute approximate surface area is 204 Å². The summed E-state index contributed by atoms with van der Waals surface area (Å²) >= 11 is 0. The van der Waals surface area contributed by atoms with Crippen molar-refractivity contribution in [2.75, 3.05) is 0 Å². The van der Waals surface area contributed by atoms with Crippen LogP contribution in [0.2, 0.25) is 0 Å². The molecule has 0 aliphatic rings. The second-order valence-electron chi connectivity index (χ2n) is 8.21. The molecule has 8 heteroatoms. The lowest BCUT2D eigenvalue weighted by Gasteiger charge is -2.27. The zero-order valence-electron chi connectivity index (χ0n) is 19.2. The summed E-state index contributed by atoms with van der Waals surface area (Å²) in [5.41, 5.74) is 3.23. The number of hydrogen-bond acceptors (Lipinski definition) is 6. The molecule has 0 unspecified atom stereocenters. The minimum atomic E-state index is -4.35. The highest BCUT2D eigenvalue weighted by Gasteiger charge is 2.37. The number of nitrogens with zero attached hydrogens (tertiary/aromatic N) is 2. The monoisotopic (exact) mass is 487 g/mol. The number of sulfonamides is 1. The molecule has 0 aliphatic heterocycles. The topological polar surface area (TPSA) is 97.6 Å².